The van der Waals surface area contributed by atoms with Gasteiger partial charge in [0, 0.05) is 19.6 Å². The maximum absolute atomic E-state index is 11.3. The van der Waals surface area contributed by atoms with E-state index < -0.39 is 0 Å². The molecule has 18 heavy (non-hydrogen) atoms. The van der Waals surface area contributed by atoms with Gasteiger partial charge in [-0.15, -0.1) is 0 Å². The minimum Gasteiger partial charge on any atom is -0.493 e. The number of rotatable bonds is 6. The Bertz CT molecular complexity index is 409. The summed E-state index contributed by atoms with van der Waals surface area (Å²) in [5.41, 5.74) is 0. The summed E-state index contributed by atoms with van der Waals surface area (Å²) in [4.78, 5) is 13.1. The highest BCUT2D eigenvalue weighted by atomic mass is 16.5. The monoisotopic (exact) mass is 250 g/mol. The zero-order valence-electron chi connectivity index (χ0n) is 10.5. The van der Waals surface area contributed by atoms with Gasteiger partial charge in [0.25, 0.3) is 0 Å². The highest BCUT2D eigenvalue weighted by molar-refractivity contribution is 5.76. The lowest BCUT2D eigenvalue weighted by molar-refractivity contribution is 0.210. The second-order valence-corrected chi connectivity index (χ2v) is 4.07. The van der Waals surface area contributed by atoms with Crippen LogP contribution < -0.4 is 14.8 Å². The average molecular weight is 250 g/mol. The number of carbonyl (C=O) groups excluding carboxylic acids is 1. The number of nitrogens with one attached hydrogen (secondary N) is 1. The van der Waals surface area contributed by atoms with E-state index in [0.29, 0.717) is 6.61 Å². The van der Waals surface area contributed by atoms with Gasteiger partial charge in [0.1, 0.15) is 0 Å². The molecular formula is C13H18N2O3. The van der Waals surface area contributed by atoms with Crippen LogP contribution in [0.1, 0.15) is 6.42 Å². The highest BCUT2D eigenvalue weighted by Crippen LogP contribution is 2.25. The molecule has 0 spiro atoms. The van der Waals surface area contributed by atoms with E-state index in [1.165, 1.54) is 0 Å². The summed E-state index contributed by atoms with van der Waals surface area (Å²) in [5, 5.41) is 2.77. The van der Waals surface area contributed by atoms with Crippen molar-refractivity contribution in [3.63, 3.8) is 0 Å². The van der Waals surface area contributed by atoms with E-state index in [0.717, 1.165) is 37.6 Å². The second kappa shape index (κ2) is 6.14. The minimum absolute atomic E-state index is 0.0206. The van der Waals surface area contributed by atoms with Crippen LogP contribution >= 0.6 is 0 Å². The van der Waals surface area contributed by atoms with Crippen LogP contribution in [0.3, 0.4) is 0 Å². The summed E-state index contributed by atoms with van der Waals surface area (Å²) in [6, 6.07) is 7.57. The molecule has 0 unspecified atom stereocenters. The van der Waals surface area contributed by atoms with Crippen LogP contribution in [0.15, 0.2) is 24.3 Å². The first-order valence-corrected chi connectivity index (χ1v) is 6.10. The van der Waals surface area contributed by atoms with Crippen molar-refractivity contribution in [2.45, 2.75) is 6.42 Å². The largest absolute Gasteiger partial charge is 0.493 e. The number of ether oxygens (including phenoxy) is 2. The Balaban J connectivity index is 1.73. The number of benzene rings is 1. The van der Waals surface area contributed by atoms with Gasteiger partial charge < -0.3 is 19.7 Å². The van der Waals surface area contributed by atoms with Gasteiger partial charge in [0.15, 0.2) is 11.5 Å². The lowest BCUT2D eigenvalue weighted by atomic mass is 10.3. The molecule has 2 amide bonds. The summed E-state index contributed by atoms with van der Waals surface area (Å²) in [5.74, 6) is 1.47. The van der Waals surface area contributed by atoms with E-state index in [1.807, 2.05) is 24.3 Å². The summed E-state index contributed by atoms with van der Waals surface area (Å²) in [6.45, 7) is 2.82. The van der Waals surface area contributed by atoms with Gasteiger partial charge in [-0.3, -0.25) is 0 Å². The van der Waals surface area contributed by atoms with Crippen molar-refractivity contribution < 1.29 is 14.3 Å². The predicted octanol–water partition coefficient (Wildman–Crippen LogP) is 1.49. The van der Waals surface area contributed by atoms with Crippen LogP contribution in [0.5, 0.6) is 11.5 Å². The molecule has 1 heterocycles. The number of amides is 2. The Kier molecular flexibility index (Phi) is 4.28. The molecule has 5 nitrogen and oxygen atoms in total. The molecule has 2 rings (SSSR count). The zero-order valence-corrected chi connectivity index (χ0v) is 10.5. The van der Waals surface area contributed by atoms with Gasteiger partial charge in [0.05, 0.1) is 13.7 Å². The average Bonchev–Trinajstić information content (AvgIpc) is 2.81. The third-order valence-corrected chi connectivity index (χ3v) is 2.84. The highest BCUT2D eigenvalue weighted by Gasteiger charge is 2.18. The Morgan fingerprint density at radius 3 is 2.78 bits per heavy atom. The lowest BCUT2D eigenvalue weighted by Gasteiger charge is -2.14. The summed E-state index contributed by atoms with van der Waals surface area (Å²) < 4.78 is 10.8. The first-order valence-electron chi connectivity index (χ1n) is 6.10. The van der Waals surface area contributed by atoms with E-state index >= 15 is 0 Å². The van der Waals surface area contributed by atoms with Crippen molar-refractivity contribution in [1.82, 2.24) is 10.2 Å². The van der Waals surface area contributed by atoms with Crippen molar-refractivity contribution in [2.24, 2.45) is 0 Å². The lowest BCUT2D eigenvalue weighted by Crippen LogP contribution is -2.29. The standard InChI is InChI=1S/C13H18N2O3/c1-17-11-5-2-3-6-12(11)18-10-4-8-15-9-7-14-13(15)16/h2-3,5-6H,4,7-10H2,1H3,(H,14,16). The minimum atomic E-state index is 0.0206. The third kappa shape index (κ3) is 3.06. The van der Waals surface area contributed by atoms with E-state index in [9.17, 15) is 4.79 Å². The molecule has 1 N–H and O–H groups in total. The number of carbonyl (C=O) groups is 1. The summed E-state index contributed by atoms with van der Waals surface area (Å²) in [6.07, 6.45) is 0.811. The molecule has 0 saturated carbocycles. The third-order valence-electron chi connectivity index (χ3n) is 2.84. The molecule has 1 fully saturated rings. The molecule has 98 valence electrons. The van der Waals surface area contributed by atoms with Crippen LogP contribution in [0.25, 0.3) is 0 Å². The first-order chi connectivity index (χ1) is 8.81. The number of hydrogen-bond donors (Lipinski definition) is 1. The number of nitrogens with zero attached hydrogens (tertiary/aromatic N) is 1. The smallest absolute Gasteiger partial charge is 0.317 e. The maximum atomic E-state index is 11.3. The second-order valence-electron chi connectivity index (χ2n) is 4.07. The molecule has 5 heteroatoms. The fourth-order valence-electron chi connectivity index (χ4n) is 1.90. The van der Waals surface area contributed by atoms with Crippen LogP contribution in [-0.4, -0.2) is 44.3 Å². The molecule has 1 aliphatic heterocycles. The van der Waals surface area contributed by atoms with Crippen LogP contribution in [-0.2, 0) is 0 Å². The van der Waals surface area contributed by atoms with Crippen LogP contribution in [0.2, 0.25) is 0 Å². The predicted molar refractivity (Wildman–Crippen MR) is 68.1 cm³/mol. The fourth-order valence-corrected chi connectivity index (χ4v) is 1.90. The van der Waals surface area contributed by atoms with Gasteiger partial charge in [-0.2, -0.15) is 0 Å². The Labute approximate surface area is 107 Å². The molecule has 0 atom stereocenters. The molecular weight excluding hydrogens is 232 g/mol. The van der Waals surface area contributed by atoms with Gasteiger partial charge in [0.2, 0.25) is 0 Å². The van der Waals surface area contributed by atoms with Crippen molar-refractivity contribution in [3.05, 3.63) is 24.3 Å². The molecule has 1 aromatic carbocycles. The van der Waals surface area contributed by atoms with Crippen LogP contribution in [0, 0.1) is 0 Å². The fraction of sp³-hybridized carbons (Fsp3) is 0.462. The molecule has 0 bridgehead atoms. The Morgan fingerprint density at radius 2 is 2.11 bits per heavy atom. The van der Waals surface area contributed by atoms with E-state index in [-0.39, 0.29) is 6.03 Å². The molecule has 1 aliphatic rings. The van der Waals surface area contributed by atoms with E-state index in [2.05, 4.69) is 5.32 Å². The number of hydrogen-bond acceptors (Lipinski definition) is 3. The van der Waals surface area contributed by atoms with Gasteiger partial charge in [-0.05, 0) is 18.6 Å². The van der Waals surface area contributed by atoms with Gasteiger partial charge in [-0.1, -0.05) is 12.1 Å². The number of urea groups is 1. The normalized spacial score (nSPS) is 14.5. The van der Waals surface area contributed by atoms with Crippen molar-refractivity contribution >= 4 is 6.03 Å². The molecule has 0 radical (unpaired) electrons. The molecule has 1 aromatic rings. The van der Waals surface area contributed by atoms with Gasteiger partial charge >= 0.3 is 6.03 Å². The van der Waals surface area contributed by atoms with Crippen molar-refractivity contribution in [1.29, 1.82) is 0 Å². The molecule has 0 aliphatic carbocycles. The maximum Gasteiger partial charge on any atom is 0.317 e. The quantitative estimate of drug-likeness (QED) is 0.778. The van der Waals surface area contributed by atoms with Crippen LogP contribution in [0.4, 0.5) is 4.79 Å². The van der Waals surface area contributed by atoms with E-state index in [1.54, 1.807) is 12.0 Å². The van der Waals surface area contributed by atoms with Crippen molar-refractivity contribution in [3.8, 4) is 11.5 Å². The first kappa shape index (κ1) is 12.5. The summed E-state index contributed by atoms with van der Waals surface area (Å²) >= 11 is 0. The van der Waals surface area contributed by atoms with Gasteiger partial charge in [-0.25, -0.2) is 4.79 Å². The summed E-state index contributed by atoms with van der Waals surface area (Å²) in [7, 11) is 1.62. The number of para-hydroxylation sites is 2. The van der Waals surface area contributed by atoms with Crippen molar-refractivity contribution in [2.75, 3.05) is 33.4 Å². The van der Waals surface area contributed by atoms with E-state index in [4.69, 9.17) is 9.47 Å². The Morgan fingerprint density at radius 1 is 1.33 bits per heavy atom. The zero-order chi connectivity index (χ0) is 12.8. The molecule has 0 aromatic heterocycles. The molecule has 1 saturated heterocycles. The SMILES string of the molecule is COc1ccccc1OCCCN1CCNC1=O. The Hall–Kier alpha value is -1.91. The number of methoxy groups -OCH3 is 1. The topological polar surface area (TPSA) is 50.8 Å².